The molecule has 37 heavy (non-hydrogen) atoms. The van der Waals surface area contributed by atoms with Gasteiger partial charge in [0.1, 0.15) is 30.5 Å². The highest BCUT2D eigenvalue weighted by Gasteiger charge is 2.53. The maximum atomic E-state index is 13.7. The van der Waals surface area contributed by atoms with E-state index in [2.05, 4.69) is 10.3 Å². The molecular weight excluding hydrogens is 531 g/mol. The largest absolute Gasteiger partial charge is 0.433 e. The normalized spacial score (nSPS) is 25.2. The van der Waals surface area contributed by atoms with E-state index < -0.39 is 41.3 Å². The molecule has 198 valence electrons. The molecule has 3 fully saturated rings. The molecule has 1 aliphatic carbocycles. The van der Waals surface area contributed by atoms with Crippen molar-refractivity contribution in [2.45, 2.75) is 61.8 Å². The number of ketones is 1. The number of ether oxygens (including phenoxy) is 1. The minimum Gasteiger partial charge on any atom is -0.366 e. The molecule has 0 radical (unpaired) electrons. The molecule has 4 heterocycles. The van der Waals surface area contributed by atoms with Gasteiger partial charge in [0.05, 0.1) is 10.3 Å². The first kappa shape index (κ1) is 26.1. The van der Waals surface area contributed by atoms with E-state index in [4.69, 9.17) is 16.3 Å². The second kappa shape index (κ2) is 10.3. The minimum absolute atomic E-state index is 0.0750. The van der Waals surface area contributed by atoms with E-state index in [1.54, 1.807) is 12.1 Å². The van der Waals surface area contributed by atoms with Gasteiger partial charge in [0, 0.05) is 23.2 Å². The topological polar surface area (TPSA) is 88.6 Å². The Hall–Kier alpha value is -2.50. The van der Waals surface area contributed by atoms with Gasteiger partial charge in [-0.3, -0.25) is 19.4 Å². The summed E-state index contributed by atoms with van der Waals surface area (Å²) in [6.45, 7) is 0.0875. The molecule has 0 bridgehead atoms. The first-order chi connectivity index (χ1) is 17.6. The van der Waals surface area contributed by atoms with Gasteiger partial charge < -0.3 is 15.0 Å². The van der Waals surface area contributed by atoms with E-state index in [-0.39, 0.29) is 30.8 Å². The van der Waals surface area contributed by atoms with Crippen LogP contribution in [0.1, 0.15) is 47.5 Å². The summed E-state index contributed by atoms with van der Waals surface area (Å²) in [6, 6.07) is 3.86. The zero-order valence-corrected chi connectivity index (χ0v) is 21.2. The maximum Gasteiger partial charge on any atom is 0.433 e. The van der Waals surface area contributed by atoms with Gasteiger partial charge in [0.25, 0.3) is 5.91 Å². The number of fused-ring (bicyclic) bond motifs is 1. The number of nitrogens with one attached hydrogen (secondary N) is 1. The van der Waals surface area contributed by atoms with Crippen LogP contribution in [0.2, 0.25) is 0 Å². The van der Waals surface area contributed by atoms with Gasteiger partial charge in [-0.15, -0.1) is 22.9 Å². The first-order valence-corrected chi connectivity index (χ1v) is 13.4. The van der Waals surface area contributed by atoms with E-state index in [1.807, 2.05) is 0 Å². The lowest BCUT2D eigenvalue weighted by Gasteiger charge is -2.34. The second-order valence-corrected chi connectivity index (χ2v) is 11.3. The number of halogens is 4. The van der Waals surface area contributed by atoms with Crippen LogP contribution in [-0.2, 0) is 20.5 Å². The number of alkyl halides is 4. The predicted molar refractivity (Wildman–Crippen MR) is 130 cm³/mol. The summed E-state index contributed by atoms with van der Waals surface area (Å²) in [4.78, 5) is 45.3. The number of pyridine rings is 1. The first-order valence-electron chi connectivity index (χ1n) is 12.2. The summed E-state index contributed by atoms with van der Waals surface area (Å²) in [5.41, 5.74) is -0.540. The molecule has 2 aliphatic heterocycles. The summed E-state index contributed by atoms with van der Waals surface area (Å²) in [7, 11) is 0. The molecule has 2 amide bonds. The Kier molecular flexibility index (Phi) is 7.30. The van der Waals surface area contributed by atoms with Crippen LogP contribution in [0, 0.1) is 5.92 Å². The molecule has 2 aromatic rings. The third-order valence-corrected chi connectivity index (χ3v) is 8.77. The van der Waals surface area contributed by atoms with Crippen LogP contribution < -0.4 is 5.32 Å². The van der Waals surface area contributed by atoms with E-state index in [0.29, 0.717) is 15.3 Å². The molecule has 3 aliphatic rings. The van der Waals surface area contributed by atoms with Crippen LogP contribution >= 0.6 is 22.9 Å². The Balaban J connectivity index is 1.34. The summed E-state index contributed by atoms with van der Waals surface area (Å²) in [5, 5.41) is 2.40. The summed E-state index contributed by atoms with van der Waals surface area (Å²) < 4.78 is 44.0. The number of aromatic nitrogens is 1. The molecule has 2 saturated heterocycles. The molecule has 1 saturated carbocycles. The number of nitrogens with zero attached hydrogens (tertiary/aromatic N) is 2. The number of amides is 2. The molecule has 5 rings (SSSR count). The molecule has 1 N–H and O–H groups in total. The maximum absolute atomic E-state index is 13.7. The number of Topliss-reactive ketones (excluding diaryl/α,β-unsaturated/α-hetero) is 1. The van der Waals surface area contributed by atoms with Crippen LogP contribution in [0.3, 0.4) is 0 Å². The third-order valence-electron chi connectivity index (χ3n) is 7.25. The Labute approximate surface area is 220 Å². The molecule has 12 heteroatoms. The number of hydrogen-bond donors (Lipinski definition) is 1. The zero-order valence-electron chi connectivity index (χ0n) is 19.7. The molecule has 4 atom stereocenters. The Morgan fingerprint density at radius 1 is 1.16 bits per heavy atom. The second-order valence-electron chi connectivity index (χ2n) is 9.64. The molecule has 0 spiro atoms. The van der Waals surface area contributed by atoms with Crippen LogP contribution in [-0.4, -0.2) is 64.2 Å². The SMILES string of the molecule is O=C(NC(C(=O)N1CC(Cl)C2OCC(=O)C21)C1CCCCC1)c1ccc(-c2ccc(C(F)(F)F)nc2)s1. The van der Waals surface area contributed by atoms with E-state index in [1.165, 1.54) is 11.0 Å². The van der Waals surface area contributed by atoms with Gasteiger partial charge in [-0.1, -0.05) is 19.3 Å². The highest BCUT2D eigenvalue weighted by Crippen LogP contribution is 2.35. The highest BCUT2D eigenvalue weighted by molar-refractivity contribution is 7.17. The van der Waals surface area contributed by atoms with Crippen molar-refractivity contribution in [3.8, 4) is 10.4 Å². The lowest BCUT2D eigenvalue weighted by Crippen LogP contribution is -2.55. The van der Waals surface area contributed by atoms with Gasteiger partial charge in [-0.2, -0.15) is 13.2 Å². The molecule has 4 unspecified atom stereocenters. The zero-order chi connectivity index (χ0) is 26.3. The lowest BCUT2D eigenvalue weighted by molar-refractivity contribution is -0.141. The predicted octanol–water partition coefficient (Wildman–Crippen LogP) is 4.29. The van der Waals surface area contributed by atoms with Gasteiger partial charge in [-0.25, -0.2) is 0 Å². The quantitative estimate of drug-likeness (QED) is 0.556. The summed E-state index contributed by atoms with van der Waals surface area (Å²) >= 11 is 7.48. The van der Waals surface area contributed by atoms with Crippen molar-refractivity contribution >= 4 is 40.5 Å². The third kappa shape index (κ3) is 5.26. The van der Waals surface area contributed by atoms with Crippen molar-refractivity contribution in [1.29, 1.82) is 0 Å². The number of thiophene rings is 1. The van der Waals surface area contributed by atoms with E-state index >= 15 is 0 Å². The van der Waals surface area contributed by atoms with Gasteiger partial charge in [-0.05, 0) is 43.0 Å². The van der Waals surface area contributed by atoms with Crippen molar-refractivity contribution < 1.29 is 32.3 Å². The smallest absolute Gasteiger partial charge is 0.366 e. The number of carbonyl (C=O) groups is 3. The fourth-order valence-corrected chi connectivity index (χ4v) is 6.64. The minimum atomic E-state index is -4.53. The molecular formula is C25H25ClF3N3O4S. The Morgan fingerprint density at radius 2 is 1.92 bits per heavy atom. The molecule has 2 aromatic heterocycles. The van der Waals surface area contributed by atoms with Crippen molar-refractivity contribution in [3.63, 3.8) is 0 Å². The van der Waals surface area contributed by atoms with Gasteiger partial charge >= 0.3 is 6.18 Å². The number of hydrogen-bond acceptors (Lipinski definition) is 6. The van der Waals surface area contributed by atoms with Crippen molar-refractivity contribution in [2.24, 2.45) is 5.92 Å². The average Bonchev–Trinajstić information content (AvgIpc) is 3.60. The summed E-state index contributed by atoms with van der Waals surface area (Å²) in [5.74, 6) is -1.05. The standard InChI is InChI=1S/C25H25ClF3N3O4S/c26-15-11-32(21-16(33)12-36-22(15)21)24(35)20(13-4-2-1-3-5-13)31-23(34)18-8-7-17(37-18)14-6-9-19(30-10-14)25(27,28)29/h6-10,13,15,20-22H,1-5,11-12H2,(H,31,34). The van der Waals surface area contributed by atoms with E-state index in [9.17, 15) is 27.6 Å². The molecule has 0 aromatic carbocycles. The Bertz CT molecular complexity index is 1180. The average molecular weight is 556 g/mol. The van der Waals surface area contributed by atoms with Crippen LogP contribution in [0.4, 0.5) is 13.2 Å². The number of rotatable bonds is 5. The fourth-order valence-electron chi connectivity index (χ4n) is 5.39. The van der Waals surface area contributed by atoms with E-state index in [0.717, 1.165) is 55.7 Å². The van der Waals surface area contributed by atoms with Gasteiger partial charge in [0.2, 0.25) is 5.91 Å². The van der Waals surface area contributed by atoms with Crippen LogP contribution in [0.15, 0.2) is 30.5 Å². The lowest BCUT2D eigenvalue weighted by atomic mass is 9.83. The Morgan fingerprint density at radius 3 is 2.59 bits per heavy atom. The van der Waals surface area contributed by atoms with Crippen molar-refractivity contribution in [2.75, 3.05) is 13.2 Å². The highest BCUT2D eigenvalue weighted by atomic mass is 35.5. The van der Waals surface area contributed by atoms with Crippen molar-refractivity contribution in [3.05, 3.63) is 41.0 Å². The summed E-state index contributed by atoms with van der Waals surface area (Å²) in [6.07, 6.45) is 0.552. The monoisotopic (exact) mass is 555 g/mol. The van der Waals surface area contributed by atoms with Crippen LogP contribution in [0.25, 0.3) is 10.4 Å². The van der Waals surface area contributed by atoms with Crippen molar-refractivity contribution in [1.82, 2.24) is 15.2 Å². The fraction of sp³-hybridized carbons (Fsp3) is 0.520. The van der Waals surface area contributed by atoms with Crippen LogP contribution in [0.5, 0.6) is 0 Å². The van der Waals surface area contributed by atoms with Gasteiger partial charge in [0.15, 0.2) is 5.78 Å². The number of likely N-dealkylation sites (tertiary alicyclic amines) is 1. The molecule has 7 nitrogen and oxygen atoms in total. The number of carbonyl (C=O) groups excluding carboxylic acids is 3.